The van der Waals surface area contributed by atoms with Crippen molar-refractivity contribution in [2.45, 2.75) is 11.8 Å². The first-order valence-electron chi connectivity index (χ1n) is 8.00. The maximum Gasteiger partial charge on any atom is 0.261 e. The first kappa shape index (κ1) is 17.7. The molecule has 0 saturated heterocycles. The molecule has 0 saturated carbocycles. The summed E-state index contributed by atoms with van der Waals surface area (Å²) in [5.74, 6) is -0.260. The van der Waals surface area contributed by atoms with E-state index in [1.165, 1.54) is 0 Å². The number of hydrogen-bond acceptors (Lipinski definition) is 3. The van der Waals surface area contributed by atoms with Gasteiger partial charge in [-0.15, -0.1) is 0 Å². The second-order valence-corrected chi connectivity index (χ2v) is 7.50. The zero-order valence-electron chi connectivity index (χ0n) is 14.1. The molecule has 0 aliphatic rings. The maximum atomic E-state index is 12.5. The summed E-state index contributed by atoms with van der Waals surface area (Å²) in [5, 5.41) is 2.76. The molecule has 6 heteroatoms. The Bertz CT molecular complexity index is 1010. The van der Waals surface area contributed by atoms with Gasteiger partial charge in [-0.2, -0.15) is 0 Å². The second kappa shape index (κ2) is 7.41. The minimum atomic E-state index is -3.69. The zero-order chi connectivity index (χ0) is 18.6. The van der Waals surface area contributed by atoms with E-state index in [1.54, 1.807) is 72.8 Å². The number of rotatable bonds is 5. The molecule has 0 aromatic heterocycles. The fraction of sp³-hybridized carbons (Fsp3) is 0.0500. The van der Waals surface area contributed by atoms with Crippen LogP contribution in [-0.4, -0.2) is 14.3 Å². The van der Waals surface area contributed by atoms with Gasteiger partial charge in [-0.3, -0.25) is 9.52 Å². The van der Waals surface area contributed by atoms with E-state index in [1.807, 2.05) is 13.0 Å². The summed E-state index contributed by atoms with van der Waals surface area (Å²) in [4.78, 5) is 12.4. The van der Waals surface area contributed by atoms with Gasteiger partial charge in [0.15, 0.2) is 0 Å². The van der Waals surface area contributed by atoms with E-state index in [2.05, 4.69) is 10.0 Å². The quantitative estimate of drug-likeness (QED) is 0.715. The highest BCUT2D eigenvalue weighted by molar-refractivity contribution is 7.92. The zero-order valence-corrected chi connectivity index (χ0v) is 15.0. The number of nitrogens with one attached hydrogen (secondary N) is 2. The lowest BCUT2D eigenvalue weighted by atomic mass is 10.2. The third-order valence-corrected chi connectivity index (χ3v) is 5.14. The number of carbonyl (C=O) groups excluding carboxylic acids is 1. The third kappa shape index (κ3) is 4.29. The SMILES string of the molecule is Cc1ccc(S(=O)(=O)Nc2cccc(NC(=O)c3ccccc3)c2)cc1. The fourth-order valence-corrected chi connectivity index (χ4v) is 3.43. The van der Waals surface area contributed by atoms with Crippen molar-refractivity contribution in [1.29, 1.82) is 0 Å². The van der Waals surface area contributed by atoms with E-state index >= 15 is 0 Å². The molecule has 2 N–H and O–H groups in total. The Morgan fingerprint density at radius 3 is 2.15 bits per heavy atom. The summed E-state index contributed by atoms with van der Waals surface area (Å²) in [5.41, 5.74) is 2.38. The molecule has 26 heavy (non-hydrogen) atoms. The van der Waals surface area contributed by atoms with Crippen LogP contribution in [0.25, 0.3) is 0 Å². The number of amides is 1. The van der Waals surface area contributed by atoms with Gasteiger partial charge in [0.1, 0.15) is 0 Å². The average Bonchev–Trinajstić information content (AvgIpc) is 2.63. The number of anilines is 2. The van der Waals surface area contributed by atoms with Crippen LogP contribution >= 0.6 is 0 Å². The van der Waals surface area contributed by atoms with Crippen LogP contribution in [0.2, 0.25) is 0 Å². The first-order valence-corrected chi connectivity index (χ1v) is 9.48. The molecule has 0 aliphatic carbocycles. The molecule has 3 aromatic carbocycles. The van der Waals surface area contributed by atoms with Crippen LogP contribution in [0.1, 0.15) is 15.9 Å². The summed E-state index contributed by atoms with van der Waals surface area (Å²) in [6.45, 7) is 1.89. The maximum absolute atomic E-state index is 12.5. The summed E-state index contributed by atoms with van der Waals surface area (Å²) in [6, 6.07) is 22.0. The monoisotopic (exact) mass is 366 g/mol. The molecule has 0 aliphatic heterocycles. The predicted molar refractivity (Wildman–Crippen MR) is 103 cm³/mol. The van der Waals surface area contributed by atoms with Crippen molar-refractivity contribution in [3.8, 4) is 0 Å². The lowest BCUT2D eigenvalue weighted by molar-refractivity contribution is 0.102. The summed E-state index contributed by atoms with van der Waals surface area (Å²) >= 11 is 0. The standard InChI is InChI=1S/C20H18N2O3S/c1-15-10-12-19(13-11-15)26(24,25)22-18-9-5-8-17(14-18)21-20(23)16-6-3-2-4-7-16/h2-14,22H,1H3,(H,21,23). The van der Waals surface area contributed by atoms with Crippen molar-refractivity contribution in [3.63, 3.8) is 0 Å². The highest BCUT2D eigenvalue weighted by atomic mass is 32.2. The third-order valence-electron chi connectivity index (χ3n) is 3.74. The first-order chi connectivity index (χ1) is 12.4. The molecule has 0 unspecified atom stereocenters. The predicted octanol–water partition coefficient (Wildman–Crippen LogP) is 4.05. The lowest BCUT2D eigenvalue weighted by Crippen LogP contribution is -2.14. The molecular weight excluding hydrogens is 348 g/mol. The molecule has 0 atom stereocenters. The Morgan fingerprint density at radius 2 is 1.46 bits per heavy atom. The van der Waals surface area contributed by atoms with Gasteiger partial charge < -0.3 is 5.32 Å². The van der Waals surface area contributed by atoms with E-state index in [4.69, 9.17) is 0 Å². The minimum absolute atomic E-state index is 0.182. The van der Waals surface area contributed by atoms with Crippen LogP contribution in [0, 0.1) is 6.92 Å². The Morgan fingerprint density at radius 1 is 0.808 bits per heavy atom. The van der Waals surface area contributed by atoms with Gasteiger partial charge in [0.25, 0.3) is 15.9 Å². The van der Waals surface area contributed by atoms with Gasteiger partial charge in [-0.1, -0.05) is 42.0 Å². The van der Waals surface area contributed by atoms with E-state index in [-0.39, 0.29) is 10.8 Å². The Labute approximate surface area is 152 Å². The molecular formula is C20H18N2O3S. The minimum Gasteiger partial charge on any atom is -0.322 e. The van der Waals surface area contributed by atoms with E-state index < -0.39 is 10.0 Å². The molecule has 0 spiro atoms. The van der Waals surface area contributed by atoms with Crippen LogP contribution in [-0.2, 0) is 10.0 Å². The molecule has 1 amide bonds. The number of aryl methyl sites for hydroxylation is 1. The van der Waals surface area contributed by atoms with Gasteiger partial charge in [0.2, 0.25) is 0 Å². The second-order valence-electron chi connectivity index (χ2n) is 5.82. The van der Waals surface area contributed by atoms with Crippen molar-refractivity contribution in [1.82, 2.24) is 0 Å². The van der Waals surface area contributed by atoms with Crippen molar-refractivity contribution < 1.29 is 13.2 Å². The largest absolute Gasteiger partial charge is 0.322 e. The summed E-state index contributed by atoms with van der Waals surface area (Å²) in [7, 11) is -3.69. The van der Waals surface area contributed by atoms with Crippen LogP contribution in [0.15, 0.2) is 83.8 Å². The molecule has 0 radical (unpaired) electrons. The van der Waals surface area contributed by atoms with Crippen molar-refractivity contribution >= 4 is 27.3 Å². The fourth-order valence-electron chi connectivity index (χ4n) is 2.38. The Hall–Kier alpha value is -3.12. The van der Waals surface area contributed by atoms with Gasteiger partial charge in [0, 0.05) is 11.3 Å². The van der Waals surface area contributed by atoms with Crippen LogP contribution in [0.4, 0.5) is 11.4 Å². The molecule has 5 nitrogen and oxygen atoms in total. The smallest absolute Gasteiger partial charge is 0.261 e. The average molecular weight is 366 g/mol. The molecule has 3 aromatic rings. The lowest BCUT2D eigenvalue weighted by Gasteiger charge is -2.11. The van der Waals surface area contributed by atoms with E-state index in [0.29, 0.717) is 16.9 Å². The number of hydrogen-bond donors (Lipinski definition) is 2. The highest BCUT2D eigenvalue weighted by Gasteiger charge is 2.14. The molecule has 0 heterocycles. The van der Waals surface area contributed by atoms with Gasteiger partial charge in [-0.05, 0) is 49.4 Å². The van der Waals surface area contributed by atoms with E-state index in [0.717, 1.165) is 5.56 Å². The number of sulfonamides is 1. The number of benzene rings is 3. The topological polar surface area (TPSA) is 75.3 Å². The van der Waals surface area contributed by atoms with Gasteiger partial charge >= 0.3 is 0 Å². The normalized spacial score (nSPS) is 11.0. The molecule has 0 fully saturated rings. The van der Waals surface area contributed by atoms with Crippen molar-refractivity contribution in [2.24, 2.45) is 0 Å². The highest BCUT2D eigenvalue weighted by Crippen LogP contribution is 2.20. The van der Waals surface area contributed by atoms with Crippen LogP contribution < -0.4 is 10.0 Å². The summed E-state index contributed by atoms with van der Waals surface area (Å²) in [6.07, 6.45) is 0. The van der Waals surface area contributed by atoms with Gasteiger partial charge in [-0.25, -0.2) is 8.42 Å². The molecule has 132 valence electrons. The molecule has 3 rings (SSSR count). The van der Waals surface area contributed by atoms with E-state index in [9.17, 15) is 13.2 Å². The number of carbonyl (C=O) groups is 1. The van der Waals surface area contributed by atoms with Crippen LogP contribution in [0.5, 0.6) is 0 Å². The van der Waals surface area contributed by atoms with Gasteiger partial charge in [0.05, 0.1) is 10.6 Å². The van der Waals surface area contributed by atoms with Crippen molar-refractivity contribution in [3.05, 3.63) is 90.0 Å². The Kier molecular flexibility index (Phi) is 5.04. The van der Waals surface area contributed by atoms with Crippen molar-refractivity contribution in [2.75, 3.05) is 10.0 Å². The molecule has 0 bridgehead atoms. The Balaban J connectivity index is 1.77. The summed E-state index contributed by atoms with van der Waals surface area (Å²) < 4.78 is 27.5. The van der Waals surface area contributed by atoms with Crippen LogP contribution in [0.3, 0.4) is 0 Å².